The van der Waals surface area contributed by atoms with E-state index < -0.39 is 57.7 Å². The number of aliphatic hydroxyl groups excluding tert-OH is 1. The Kier molecular flexibility index (Phi) is 21.8. The van der Waals surface area contributed by atoms with Crippen molar-refractivity contribution in [2.45, 2.75) is 25.6 Å². The summed E-state index contributed by atoms with van der Waals surface area (Å²) < 4.78 is 84.8. The molecule has 0 unspecified atom stereocenters. The summed E-state index contributed by atoms with van der Waals surface area (Å²) in [6, 6.07) is 4.10. The summed E-state index contributed by atoms with van der Waals surface area (Å²) >= 11 is 0. The number of halogens is 8. The molecule has 24 heteroatoms. The predicted octanol–water partition coefficient (Wildman–Crippen LogP) is 0.662. The van der Waals surface area contributed by atoms with Gasteiger partial charge in [0.15, 0.2) is 11.4 Å². The van der Waals surface area contributed by atoms with E-state index in [0.717, 1.165) is 21.8 Å². The molecule has 0 radical (unpaired) electrons. The minimum Gasteiger partial charge on any atom is -0.691 e. The van der Waals surface area contributed by atoms with E-state index in [4.69, 9.17) is 31.7 Å². The zero-order valence-electron chi connectivity index (χ0n) is 21.1. The fourth-order valence-electron chi connectivity index (χ4n) is 2.07. The van der Waals surface area contributed by atoms with E-state index in [-0.39, 0.29) is 40.7 Å². The van der Waals surface area contributed by atoms with Gasteiger partial charge in [0.05, 0.1) is 6.61 Å². The van der Waals surface area contributed by atoms with Gasteiger partial charge in [-0.25, -0.2) is 9.47 Å². The molecule has 14 nitrogen and oxygen atoms in total. The molecular weight excluding hydrogens is 660 g/mol. The van der Waals surface area contributed by atoms with Gasteiger partial charge in [-0.3, -0.25) is 9.36 Å². The van der Waals surface area contributed by atoms with Crippen LogP contribution >= 0.6 is 21.4 Å². The third-order valence-electron chi connectivity index (χ3n) is 3.40. The molecule has 0 fully saturated rings. The van der Waals surface area contributed by atoms with Crippen LogP contribution in [-0.2, 0) is 53.7 Å². The number of aryl methyl sites for hydroxylation is 2. The Labute approximate surface area is 266 Å². The van der Waals surface area contributed by atoms with Gasteiger partial charge in [-0.2, -0.15) is 47.1 Å². The first-order chi connectivity index (χ1) is 18.9. The van der Waals surface area contributed by atoms with Crippen LogP contribution in [0.4, 0.5) is 26.3 Å². The Hall–Kier alpha value is -3.41. The van der Waals surface area contributed by atoms with Gasteiger partial charge in [0.25, 0.3) is 5.71 Å². The Morgan fingerprint density at radius 1 is 1.07 bits per heavy atom. The van der Waals surface area contributed by atoms with Crippen LogP contribution in [0.1, 0.15) is 22.5 Å². The van der Waals surface area contributed by atoms with Gasteiger partial charge in [0, 0.05) is 59.0 Å². The van der Waals surface area contributed by atoms with E-state index in [0.29, 0.717) is 0 Å². The maximum atomic E-state index is 12.5. The van der Waals surface area contributed by atoms with Crippen molar-refractivity contribution in [1.29, 1.82) is 15.8 Å². The van der Waals surface area contributed by atoms with Crippen molar-refractivity contribution in [3.8, 4) is 18.2 Å². The van der Waals surface area contributed by atoms with E-state index in [9.17, 15) is 31.5 Å². The second kappa shape index (κ2) is 21.3. The maximum absolute atomic E-state index is 12.5. The summed E-state index contributed by atoms with van der Waals surface area (Å²) in [6.45, 7) is 4.85. The molecular formula is C18H13Cl2F6N10NaO4S. The van der Waals surface area contributed by atoms with E-state index >= 15 is 0 Å². The molecule has 0 aromatic carbocycles. The molecule has 0 saturated heterocycles. The van der Waals surface area contributed by atoms with Gasteiger partial charge in [-0.15, -0.1) is 5.16 Å². The number of aliphatic hydroxyl groups is 1. The molecule has 0 bridgehead atoms. The monoisotopic (exact) mass is 672 g/mol. The van der Waals surface area contributed by atoms with Crippen molar-refractivity contribution >= 4 is 42.1 Å². The van der Waals surface area contributed by atoms with Crippen molar-refractivity contribution in [1.82, 2.24) is 19.6 Å². The number of hydrogen-bond acceptors (Lipinski definition) is 11. The zero-order valence-corrected chi connectivity index (χ0v) is 25.5. The summed E-state index contributed by atoms with van der Waals surface area (Å²) in [7, 11) is 10.1. The van der Waals surface area contributed by atoms with E-state index in [1.54, 1.807) is 0 Å². The van der Waals surface area contributed by atoms with Gasteiger partial charge >= 0.3 is 47.7 Å². The van der Waals surface area contributed by atoms with Crippen LogP contribution in [0.3, 0.4) is 0 Å². The number of amidine groups is 1. The fraction of sp³-hybridized carbons (Fsp3) is 0.333. The minimum atomic E-state index is -4.60. The molecule has 42 heavy (non-hydrogen) atoms. The van der Waals surface area contributed by atoms with Crippen LogP contribution in [0.5, 0.6) is 0 Å². The third-order valence-corrected chi connectivity index (χ3v) is 3.40. The van der Waals surface area contributed by atoms with Crippen molar-refractivity contribution in [3.05, 3.63) is 51.5 Å². The van der Waals surface area contributed by atoms with E-state index in [2.05, 4.69) is 51.6 Å². The van der Waals surface area contributed by atoms with Crippen LogP contribution in [0.15, 0.2) is 22.7 Å². The molecule has 0 atom stereocenters. The molecule has 0 aliphatic heterocycles. The number of aromatic nitrogens is 4. The SMILES string of the molecule is Cn1cc(CO)c(C(F)(F)F)n1.Cn1cc(CON=C(C#N)C#N)c(C(F)(F)F)n1.O=S(Cl)Cl.[C-]#[N+]/C(C#N)=N/[O-].[Na+]. The largest absolute Gasteiger partial charge is 1.00 e. The Balaban J connectivity index is -0.000000546. The number of hydrogen-bond donors (Lipinski definition) is 1. The first kappa shape index (κ1) is 43.0. The molecule has 2 aromatic rings. The molecule has 0 spiro atoms. The third kappa shape index (κ3) is 18.1. The second-order valence-corrected chi connectivity index (χ2v) is 8.79. The molecule has 2 heterocycles. The predicted molar refractivity (Wildman–Crippen MR) is 129 cm³/mol. The summed E-state index contributed by atoms with van der Waals surface area (Å²) in [5.74, 6) is -0.653. The number of nitrogens with zero attached hydrogens (tertiary/aromatic N) is 10. The van der Waals surface area contributed by atoms with Crippen molar-refractivity contribution in [2.24, 2.45) is 24.4 Å². The standard InChI is InChI=1S/C9H6F3N5O.C6H7F3N2O.C3HN3O.Cl2OS.Na/c1-17-4-6(8(15-17)9(10,11)12)5-18-16-7(2-13)3-14;1-11-2-4(3-12)5(10-11)6(7,8)9;1-5-3(2-4)6-7;1-4(2)3;/h4H,5H2,1H3;2,12H,3H2,1H3;7H;;/q;;;;+1/p-1/b;;6-3+;;. The molecule has 2 rings (SSSR count). The average molecular weight is 673 g/mol. The summed E-state index contributed by atoms with van der Waals surface area (Å²) in [5, 5.41) is 53.8. The van der Waals surface area contributed by atoms with Crippen LogP contribution in [0.2, 0.25) is 0 Å². The number of oxime groups is 1. The summed E-state index contributed by atoms with van der Waals surface area (Å²) in [5.41, 5.74) is -3.12. The molecule has 2 aromatic heterocycles. The quantitative estimate of drug-likeness (QED) is 0.0919. The van der Waals surface area contributed by atoms with Gasteiger partial charge in [0.1, 0.15) is 24.8 Å². The maximum Gasteiger partial charge on any atom is 1.00 e. The van der Waals surface area contributed by atoms with E-state index in [1.807, 2.05) is 0 Å². The molecule has 0 aliphatic rings. The zero-order chi connectivity index (χ0) is 32.4. The molecule has 0 aliphatic carbocycles. The topological polar surface area (TPSA) is 206 Å². The Bertz CT molecular complexity index is 1370. The fourth-order valence-corrected chi connectivity index (χ4v) is 2.07. The average Bonchev–Trinajstić information content (AvgIpc) is 3.45. The number of rotatable bonds is 4. The van der Waals surface area contributed by atoms with Gasteiger partial charge < -0.3 is 20.0 Å². The molecule has 222 valence electrons. The smallest absolute Gasteiger partial charge is 0.691 e. The van der Waals surface area contributed by atoms with Crippen LogP contribution in [0, 0.1) is 45.8 Å². The minimum absolute atomic E-state index is 0. The van der Waals surface area contributed by atoms with Crippen molar-refractivity contribution < 1.29 is 70.1 Å². The first-order valence-electron chi connectivity index (χ1n) is 9.44. The van der Waals surface area contributed by atoms with Crippen LogP contribution in [-0.4, -0.2) is 40.4 Å². The molecule has 0 saturated carbocycles. The second-order valence-electron chi connectivity index (χ2n) is 6.27. The number of nitriles is 3. The number of alkyl halides is 6. The van der Waals surface area contributed by atoms with Gasteiger partial charge in [0.2, 0.25) is 9.23 Å². The normalized spacial score (nSPS) is 10.2. The van der Waals surface area contributed by atoms with Gasteiger partial charge in [-0.05, 0) is 0 Å². The summed E-state index contributed by atoms with van der Waals surface area (Å²) in [4.78, 5) is 6.95. The first-order valence-corrected chi connectivity index (χ1v) is 12.2. The van der Waals surface area contributed by atoms with E-state index in [1.165, 1.54) is 32.3 Å². The molecule has 0 amide bonds. The van der Waals surface area contributed by atoms with Crippen molar-refractivity contribution in [3.63, 3.8) is 0 Å². The van der Waals surface area contributed by atoms with Crippen LogP contribution in [0.25, 0.3) is 4.85 Å². The Morgan fingerprint density at radius 2 is 1.48 bits per heavy atom. The van der Waals surface area contributed by atoms with Crippen molar-refractivity contribution in [2.75, 3.05) is 0 Å². The van der Waals surface area contributed by atoms with Crippen LogP contribution < -0.4 is 29.6 Å². The molecule has 1 N–H and O–H groups in total. The van der Waals surface area contributed by atoms with Gasteiger partial charge in [-0.1, -0.05) is 11.7 Å². The Morgan fingerprint density at radius 3 is 1.74 bits per heavy atom. The summed E-state index contributed by atoms with van der Waals surface area (Å²) in [6.07, 6.45) is -6.82.